The molecule has 0 saturated heterocycles. The lowest BCUT2D eigenvalue weighted by Gasteiger charge is -1.93. The summed E-state index contributed by atoms with van der Waals surface area (Å²) in [6.07, 6.45) is 3.42. The summed E-state index contributed by atoms with van der Waals surface area (Å²) >= 11 is 0. The normalized spacial score (nSPS) is 19.1. The van der Waals surface area contributed by atoms with Crippen LogP contribution in [0.15, 0.2) is 34.6 Å². The van der Waals surface area contributed by atoms with Crippen LogP contribution in [0.2, 0.25) is 0 Å². The largest absolute Gasteiger partial charge is 0.422 e. The van der Waals surface area contributed by atoms with E-state index in [0.29, 0.717) is 11.3 Å². The average Bonchev–Trinajstić information content (AvgIpc) is 2.51. The van der Waals surface area contributed by atoms with Crippen LogP contribution >= 0.6 is 0 Å². The first-order valence-corrected chi connectivity index (χ1v) is 4.05. The lowest BCUT2D eigenvalue weighted by Crippen LogP contribution is -2.10. The lowest BCUT2D eigenvalue weighted by atomic mass is 10.1. The molecule has 0 atom stereocenters. The van der Waals surface area contributed by atoms with Gasteiger partial charge < -0.3 is 4.74 Å². The molecule has 0 aromatic rings. The Kier molecular flexibility index (Phi) is 1.73. The van der Waals surface area contributed by atoms with Crippen molar-refractivity contribution in [1.82, 2.24) is 0 Å². The number of hydrogen-bond donors (Lipinski definition) is 0. The molecule has 0 N–H and O–H groups in total. The molecule has 0 fully saturated rings. The van der Waals surface area contributed by atoms with Crippen molar-refractivity contribution in [3.63, 3.8) is 0 Å². The van der Waals surface area contributed by atoms with Gasteiger partial charge in [0, 0.05) is 10.5 Å². The van der Waals surface area contributed by atoms with E-state index in [1.807, 2.05) is 6.92 Å². The van der Waals surface area contributed by atoms with Gasteiger partial charge in [0.2, 0.25) is 6.54 Å². The van der Waals surface area contributed by atoms with Gasteiger partial charge in [-0.2, -0.15) is 0 Å². The van der Waals surface area contributed by atoms with Crippen LogP contribution in [0.25, 0.3) is 0 Å². The van der Waals surface area contributed by atoms with Crippen LogP contribution < -0.4 is 0 Å². The zero-order chi connectivity index (χ0) is 10.3. The fourth-order valence-corrected chi connectivity index (χ4v) is 1.50. The summed E-state index contributed by atoms with van der Waals surface area (Å²) in [5.41, 5.74) is 1.63. The summed E-state index contributed by atoms with van der Waals surface area (Å²) in [4.78, 5) is 20.9. The van der Waals surface area contributed by atoms with Crippen LogP contribution in [0.1, 0.15) is 6.92 Å². The van der Waals surface area contributed by atoms with Gasteiger partial charge in [0.1, 0.15) is 11.3 Å². The number of allylic oxidation sites excluding steroid dienone is 3. The number of fused-ring (bicyclic) bond motifs is 1. The number of nitrogens with zero attached hydrogens (tertiary/aromatic N) is 1. The summed E-state index contributed by atoms with van der Waals surface area (Å²) in [6.45, 7) is 1.37. The van der Waals surface area contributed by atoms with Gasteiger partial charge in [0.15, 0.2) is 0 Å². The molecule has 0 aromatic heterocycles. The first-order chi connectivity index (χ1) is 6.58. The highest BCUT2D eigenvalue weighted by Crippen LogP contribution is 2.33. The standard InChI is InChI=1S/C9H7NO4/c1-5-2-6-7(4-10(12)13)9(11)14-8(6)3-5/h2-3H,4H2,1H3. The summed E-state index contributed by atoms with van der Waals surface area (Å²) in [5, 5.41) is 10.3. The van der Waals surface area contributed by atoms with Crippen molar-refractivity contribution < 1.29 is 14.5 Å². The maximum atomic E-state index is 11.2. The maximum Gasteiger partial charge on any atom is 0.346 e. The Morgan fingerprint density at radius 1 is 1.50 bits per heavy atom. The molecule has 0 amide bonds. The van der Waals surface area contributed by atoms with Crippen LogP contribution in [-0.4, -0.2) is 17.4 Å². The second-order valence-electron chi connectivity index (χ2n) is 3.17. The minimum atomic E-state index is -0.605. The van der Waals surface area contributed by atoms with Crippen LogP contribution in [0.4, 0.5) is 0 Å². The van der Waals surface area contributed by atoms with Crippen LogP contribution in [0.5, 0.6) is 0 Å². The third-order valence-electron chi connectivity index (χ3n) is 2.06. The van der Waals surface area contributed by atoms with Gasteiger partial charge in [0.05, 0.1) is 0 Å². The molecule has 14 heavy (non-hydrogen) atoms. The van der Waals surface area contributed by atoms with E-state index in [4.69, 9.17) is 4.74 Å². The number of carbonyl (C=O) groups excluding carboxylic acids is 1. The van der Waals surface area contributed by atoms with Crippen molar-refractivity contribution in [1.29, 1.82) is 0 Å². The molecule has 1 aliphatic carbocycles. The molecular weight excluding hydrogens is 186 g/mol. The highest BCUT2D eigenvalue weighted by atomic mass is 16.6. The van der Waals surface area contributed by atoms with Crippen molar-refractivity contribution >= 4 is 5.97 Å². The number of rotatable bonds is 2. The Bertz CT molecular complexity index is 428. The van der Waals surface area contributed by atoms with Gasteiger partial charge in [-0.05, 0) is 24.6 Å². The minimum Gasteiger partial charge on any atom is -0.422 e. The molecule has 1 aliphatic heterocycles. The fourth-order valence-electron chi connectivity index (χ4n) is 1.50. The van der Waals surface area contributed by atoms with Gasteiger partial charge in [-0.15, -0.1) is 0 Å². The van der Waals surface area contributed by atoms with E-state index in [9.17, 15) is 14.9 Å². The van der Waals surface area contributed by atoms with Gasteiger partial charge in [-0.1, -0.05) is 0 Å². The molecule has 72 valence electrons. The van der Waals surface area contributed by atoms with Crippen LogP contribution in [-0.2, 0) is 9.53 Å². The molecule has 0 bridgehead atoms. The lowest BCUT2D eigenvalue weighted by molar-refractivity contribution is -0.470. The zero-order valence-electron chi connectivity index (χ0n) is 7.44. The predicted octanol–water partition coefficient (Wildman–Crippen LogP) is 0.960. The van der Waals surface area contributed by atoms with Gasteiger partial charge >= 0.3 is 5.97 Å². The Balaban J connectivity index is 2.42. The number of nitro groups is 1. The van der Waals surface area contributed by atoms with Gasteiger partial charge in [-0.3, -0.25) is 10.1 Å². The number of ether oxygens (including phenoxy) is 1. The minimum absolute atomic E-state index is 0.137. The number of carbonyl (C=O) groups is 1. The maximum absolute atomic E-state index is 11.2. The second-order valence-corrected chi connectivity index (χ2v) is 3.17. The van der Waals surface area contributed by atoms with Crippen molar-refractivity contribution in [3.05, 3.63) is 44.7 Å². The summed E-state index contributed by atoms with van der Waals surface area (Å²) in [7, 11) is 0. The molecule has 0 saturated carbocycles. The monoisotopic (exact) mass is 193 g/mol. The van der Waals surface area contributed by atoms with Crippen LogP contribution in [0.3, 0.4) is 0 Å². The predicted molar refractivity (Wildman–Crippen MR) is 46.8 cm³/mol. The van der Waals surface area contributed by atoms with E-state index in [2.05, 4.69) is 0 Å². The smallest absolute Gasteiger partial charge is 0.346 e. The Hall–Kier alpha value is -1.91. The molecule has 0 unspecified atom stereocenters. The first kappa shape index (κ1) is 8.68. The number of hydrogen-bond acceptors (Lipinski definition) is 4. The molecule has 0 spiro atoms. The SMILES string of the molecule is CC1=CC2=C(C[N+](=O)[O-])C(=O)OC2=C1. The fraction of sp³-hybridized carbons (Fsp3) is 0.222. The molecule has 0 radical (unpaired) electrons. The van der Waals surface area contributed by atoms with E-state index < -0.39 is 17.4 Å². The quantitative estimate of drug-likeness (QED) is 0.372. The third-order valence-corrected chi connectivity index (χ3v) is 2.06. The van der Waals surface area contributed by atoms with E-state index in [0.717, 1.165) is 5.57 Å². The van der Waals surface area contributed by atoms with Crippen LogP contribution in [0, 0.1) is 10.1 Å². The van der Waals surface area contributed by atoms with Crippen molar-refractivity contribution in [2.75, 3.05) is 6.54 Å². The van der Waals surface area contributed by atoms with Gasteiger partial charge in [0.25, 0.3) is 0 Å². The molecule has 5 heteroatoms. The first-order valence-electron chi connectivity index (χ1n) is 4.05. The van der Waals surface area contributed by atoms with Gasteiger partial charge in [-0.25, -0.2) is 4.79 Å². The van der Waals surface area contributed by atoms with E-state index in [-0.39, 0.29) is 5.57 Å². The Morgan fingerprint density at radius 2 is 2.21 bits per heavy atom. The summed E-state index contributed by atoms with van der Waals surface area (Å²) < 4.78 is 4.86. The third kappa shape index (κ3) is 1.22. The Labute approximate surface area is 79.5 Å². The molecule has 5 nitrogen and oxygen atoms in total. The molecule has 2 aliphatic rings. The highest BCUT2D eigenvalue weighted by Gasteiger charge is 2.33. The molecule has 0 aromatic carbocycles. The second kappa shape index (κ2) is 2.80. The zero-order valence-corrected chi connectivity index (χ0v) is 7.44. The van der Waals surface area contributed by atoms with E-state index in [1.54, 1.807) is 12.2 Å². The van der Waals surface area contributed by atoms with Crippen molar-refractivity contribution in [2.45, 2.75) is 6.92 Å². The topological polar surface area (TPSA) is 69.4 Å². The highest BCUT2D eigenvalue weighted by molar-refractivity contribution is 5.96. The van der Waals surface area contributed by atoms with E-state index >= 15 is 0 Å². The summed E-state index contributed by atoms with van der Waals surface area (Å²) in [6, 6.07) is 0. The van der Waals surface area contributed by atoms with E-state index in [1.165, 1.54) is 0 Å². The molecule has 2 rings (SSSR count). The molecule has 1 heterocycles. The average molecular weight is 193 g/mol. The van der Waals surface area contributed by atoms with Crippen molar-refractivity contribution in [3.8, 4) is 0 Å². The number of esters is 1. The summed E-state index contributed by atoms with van der Waals surface area (Å²) in [5.74, 6) is -0.170. The van der Waals surface area contributed by atoms with Crippen molar-refractivity contribution in [2.24, 2.45) is 0 Å². The molecular formula is C9H7NO4. The Morgan fingerprint density at radius 3 is 2.86 bits per heavy atom.